The van der Waals surface area contributed by atoms with E-state index in [-0.39, 0.29) is 25.7 Å². The Morgan fingerprint density at radius 2 is 0.560 bits per heavy atom. The normalized spacial score (nSPS) is 14.4. The number of carbonyl (C=O) groups excluding carboxylic acids is 4. The first-order valence-electron chi connectivity index (χ1n) is 37.5. The maximum absolute atomic E-state index is 13.0. The molecule has 91 heavy (non-hydrogen) atoms. The van der Waals surface area contributed by atoms with Gasteiger partial charge in [0.25, 0.3) is 0 Å². The van der Waals surface area contributed by atoms with E-state index in [9.17, 15) is 43.2 Å². The van der Waals surface area contributed by atoms with Crippen molar-refractivity contribution in [1.29, 1.82) is 0 Å². The molecule has 0 fully saturated rings. The molecule has 3 unspecified atom stereocenters. The van der Waals surface area contributed by atoms with Gasteiger partial charge in [-0.15, -0.1) is 0 Å². The Morgan fingerprint density at radius 1 is 0.319 bits per heavy atom. The first kappa shape index (κ1) is 89.1. The Hall–Kier alpha value is -1.94. The first-order chi connectivity index (χ1) is 43.9. The second-order valence-electron chi connectivity index (χ2n) is 26.7. The Bertz CT molecular complexity index is 1770. The van der Waals surface area contributed by atoms with E-state index in [0.717, 1.165) is 102 Å². The lowest BCUT2D eigenvalue weighted by Gasteiger charge is -2.21. The fourth-order valence-corrected chi connectivity index (χ4v) is 12.5. The lowest BCUT2D eigenvalue weighted by molar-refractivity contribution is -0.161. The first-order valence-corrected chi connectivity index (χ1v) is 40.5. The molecule has 0 saturated heterocycles. The summed E-state index contributed by atoms with van der Waals surface area (Å²) in [7, 11) is -9.90. The van der Waals surface area contributed by atoms with Crippen molar-refractivity contribution in [2.45, 2.75) is 387 Å². The van der Waals surface area contributed by atoms with Gasteiger partial charge in [0.2, 0.25) is 0 Å². The number of rotatable bonds is 71. The number of hydrogen-bond acceptors (Lipinski definition) is 15. The minimum absolute atomic E-state index is 0.107. The summed E-state index contributed by atoms with van der Waals surface area (Å²) in [4.78, 5) is 72.6. The van der Waals surface area contributed by atoms with Gasteiger partial charge in [0.15, 0.2) is 12.2 Å². The molecule has 0 aliphatic carbocycles. The molecule has 0 bridgehead atoms. The molecule has 0 saturated carbocycles. The van der Waals surface area contributed by atoms with Crippen molar-refractivity contribution < 1.29 is 80.2 Å². The fraction of sp³-hybridized carbons (Fsp3) is 0.944. The molecule has 17 nitrogen and oxygen atoms in total. The standard InChI is InChI=1S/C72H140O17P2/c1-7-10-12-14-16-18-24-29-36-42-48-54-69(74)82-60-67(88-71(76)56-50-44-38-30-25-19-17-15-13-11-8-2)62-86-90(78,79)84-58-66(73)59-85-91(80,81)87-63-68(61-83-70(75)55-49-43-37-33-32-34-40-46-52-64(4)5)89-72(77)57-51-45-39-31-27-23-21-20-22-26-28-35-41-47-53-65(6)9-3/h64-68,73H,7-63H2,1-6H3,(H,78,79)(H,80,81)/t65?,66-,67+,68+/m0/s1. The zero-order valence-corrected chi connectivity index (χ0v) is 60.9. The van der Waals surface area contributed by atoms with Gasteiger partial charge < -0.3 is 33.8 Å². The Labute approximate surface area is 556 Å². The predicted molar refractivity (Wildman–Crippen MR) is 368 cm³/mol. The van der Waals surface area contributed by atoms with Crippen LogP contribution >= 0.6 is 15.6 Å². The molecule has 3 N–H and O–H groups in total. The zero-order valence-electron chi connectivity index (χ0n) is 59.1. The van der Waals surface area contributed by atoms with E-state index < -0.39 is 97.5 Å². The summed E-state index contributed by atoms with van der Waals surface area (Å²) in [5.74, 6) is -0.548. The van der Waals surface area contributed by atoms with Crippen LogP contribution in [-0.4, -0.2) is 96.7 Å². The molecule has 0 aromatic carbocycles. The van der Waals surface area contributed by atoms with Crippen LogP contribution < -0.4 is 0 Å². The van der Waals surface area contributed by atoms with Crippen LogP contribution in [0.1, 0.15) is 369 Å². The van der Waals surface area contributed by atoms with E-state index in [4.69, 9.17) is 37.0 Å². The van der Waals surface area contributed by atoms with E-state index in [1.54, 1.807) is 0 Å². The lowest BCUT2D eigenvalue weighted by Crippen LogP contribution is -2.30. The van der Waals surface area contributed by atoms with E-state index in [0.29, 0.717) is 25.7 Å². The highest BCUT2D eigenvalue weighted by Crippen LogP contribution is 2.45. The Morgan fingerprint density at radius 3 is 0.835 bits per heavy atom. The van der Waals surface area contributed by atoms with Crippen LogP contribution in [-0.2, 0) is 65.4 Å². The smallest absolute Gasteiger partial charge is 0.462 e. The van der Waals surface area contributed by atoms with E-state index >= 15 is 0 Å². The molecule has 0 spiro atoms. The van der Waals surface area contributed by atoms with Gasteiger partial charge in [-0.1, -0.05) is 318 Å². The fourth-order valence-electron chi connectivity index (χ4n) is 10.9. The maximum atomic E-state index is 13.0. The van der Waals surface area contributed by atoms with E-state index in [1.807, 2.05) is 0 Å². The van der Waals surface area contributed by atoms with Crippen LogP contribution in [0.2, 0.25) is 0 Å². The van der Waals surface area contributed by atoms with Crippen molar-refractivity contribution in [2.75, 3.05) is 39.6 Å². The summed E-state index contributed by atoms with van der Waals surface area (Å²) in [6.45, 7) is 9.58. The van der Waals surface area contributed by atoms with Crippen LogP contribution in [0, 0.1) is 11.8 Å². The number of ether oxygens (including phenoxy) is 4. The van der Waals surface area contributed by atoms with Gasteiger partial charge in [-0.2, -0.15) is 0 Å². The number of phosphoric acid groups is 2. The summed E-state index contributed by atoms with van der Waals surface area (Å²) in [5, 5.41) is 10.6. The van der Waals surface area contributed by atoms with Crippen LogP contribution in [0.25, 0.3) is 0 Å². The van der Waals surface area contributed by atoms with Crippen LogP contribution in [0.5, 0.6) is 0 Å². The van der Waals surface area contributed by atoms with Crippen LogP contribution in [0.3, 0.4) is 0 Å². The third kappa shape index (κ3) is 65.1. The second-order valence-corrected chi connectivity index (χ2v) is 29.6. The molecule has 6 atom stereocenters. The third-order valence-electron chi connectivity index (χ3n) is 17.1. The molecular formula is C72H140O17P2. The number of esters is 4. The molecule has 0 aromatic heterocycles. The van der Waals surface area contributed by atoms with Crippen molar-refractivity contribution in [3.05, 3.63) is 0 Å². The molecular weight excluding hydrogens is 1200 g/mol. The summed E-state index contributed by atoms with van der Waals surface area (Å²) < 4.78 is 68.3. The number of phosphoric ester groups is 2. The van der Waals surface area contributed by atoms with Crippen molar-refractivity contribution in [1.82, 2.24) is 0 Å². The van der Waals surface area contributed by atoms with Crippen molar-refractivity contribution in [3.8, 4) is 0 Å². The van der Waals surface area contributed by atoms with Crippen molar-refractivity contribution in [3.63, 3.8) is 0 Å². The molecule has 0 aliphatic rings. The molecule has 0 aromatic rings. The Kier molecular flexibility index (Phi) is 62.7. The quantitative estimate of drug-likeness (QED) is 0.0222. The van der Waals surface area contributed by atoms with Gasteiger partial charge in [-0.3, -0.25) is 37.3 Å². The second kappa shape index (κ2) is 64.1. The van der Waals surface area contributed by atoms with Crippen LogP contribution in [0.4, 0.5) is 0 Å². The molecule has 0 rings (SSSR count). The number of carbonyl (C=O) groups is 4. The average molecular weight is 1340 g/mol. The lowest BCUT2D eigenvalue weighted by atomic mass is 9.99. The van der Waals surface area contributed by atoms with Gasteiger partial charge in [-0.05, 0) is 37.5 Å². The van der Waals surface area contributed by atoms with Gasteiger partial charge in [0.05, 0.1) is 26.4 Å². The number of unbranched alkanes of at least 4 members (excludes halogenated alkanes) is 40. The van der Waals surface area contributed by atoms with Gasteiger partial charge >= 0.3 is 39.5 Å². The number of hydrogen-bond donors (Lipinski definition) is 3. The molecule has 0 radical (unpaired) electrons. The molecule has 0 heterocycles. The number of aliphatic hydroxyl groups is 1. The average Bonchev–Trinajstić information content (AvgIpc) is 2.83. The van der Waals surface area contributed by atoms with Crippen LogP contribution in [0.15, 0.2) is 0 Å². The minimum Gasteiger partial charge on any atom is -0.462 e. The topological polar surface area (TPSA) is 237 Å². The van der Waals surface area contributed by atoms with E-state index in [1.165, 1.54) is 186 Å². The van der Waals surface area contributed by atoms with Crippen molar-refractivity contribution in [2.24, 2.45) is 11.8 Å². The zero-order chi connectivity index (χ0) is 67.2. The summed E-state index contributed by atoms with van der Waals surface area (Å²) in [5.41, 5.74) is 0. The monoisotopic (exact) mass is 1340 g/mol. The van der Waals surface area contributed by atoms with Gasteiger partial charge in [-0.25, -0.2) is 9.13 Å². The molecule has 19 heteroatoms. The van der Waals surface area contributed by atoms with Gasteiger partial charge in [0.1, 0.15) is 19.3 Å². The van der Waals surface area contributed by atoms with E-state index in [2.05, 4.69) is 41.5 Å². The third-order valence-corrected chi connectivity index (χ3v) is 19.0. The molecule has 540 valence electrons. The molecule has 0 aliphatic heterocycles. The highest BCUT2D eigenvalue weighted by molar-refractivity contribution is 7.47. The largest absolute Gasteiger partial charge is 0.472 e. The SMILES string of the molecule is CCCCCCCCCCCCCC(=O)OC[C@H](COP(=O)(O)OC[C@H](O)COP(=O)(O)OC[C@@H](COC(=O)CCCCCCCCCCC(C)C)OC(=O)CCCCCCCCCCCCCCCCC(C)CC)OC(=O)CCCCCCCCCCCCC. The maximum Gasteiger partial charge on any atom is 0.472 e. The minimum atomic E-state index is -4.95. The highest BCUT2D eigenvalue weighted by atomic mass is 31.2. The van der Waals surface area contributed by atoms with Gasteiger partial charge in [0, 0.05) is 25.7 Å². The summed E-state index contributed by atoms with van der Waals surface area (Å²) in [6.07, 6.45) is 49.8. The van der Waals surface area contributed by atoms with Crippen molar-refractivity contribution >= 4 is 39.5 Å². The summed E-state index contributed by atoms with van der Waals surface area (Å²) >= 11 is 0. The number of aliphatic hydroxyl groups excluding tert-OH is 1. The Balaban J connectivity index is 5.22. The molecule has 0 amide bonds. The predicted octanol–water partition coefficient (Wildman–Crippen LogP) is 20.8. The summed E-state index contributed by atoms with van der Waals surface area (Å²) in [6, 6.07) is 0. The highest BCUT2D eigenvalue weighted by Gasteiger charge is 2.30.